The summed E-state index contributed by atoms with van der Waals surface area (Å²) in [6.45, 7) is 4.89. The minimum Gasteiger partial charge on any atom is -0.311 e. The van der Waals surface area contributed by atoms with Gasteiger partial charge in [-0.25, -0.2) is 0 Å². The van der Waals surface area contributed by atoms with Gasteiger partial charge in [-0.05, 0) is 74.0 Å². The summed E-state index contributed by atoms with van der Waals surface area (Å²) in [6.07, 6.45) is 13.6. The maximum absolute atomic E-state index is 4.19. The van der Waals surface area contributed by atoms with Crippen molar-refractivity contribution in [3.63, 3.8) is 0 Å². The molecule has 4 rings (SSSR count). The molecule has 4 aliphatic rings. The summed E-state index contributed by atoms with van der Waals surface area (Å²) in [7, 11) is 0. The maximum atomic E-state index is 4.19. The van der Waals surface area contributed by atoms with Gasteiger partial charge in [0.2, 0.25) is 0 Å². The molecule has 4 aliphatic carbocycles. The van der Waals surface area contributed by atoms with Crippen molar-refractivity contribution >= 4 is 0 Å². The molecule has 4 saturated carbocycles. The van der Waals surface area contributed by atoms with E-state index in [1.54, 1.807) is 19.3 Å². The highest BCUT2D eigenvalue weighted by molar-refractivity contribution is 5.06. The minimum atomic E-state index is 0.841. The number of fused-ring (bicyclic) bond motifs is 5. The predicted octanol–water partition coefficient (Wildman–Crippen LogP) is 4.62. The highest BCUT2D eigenvalue weighted by atomic mass is 15.0. The summed E-state index contributed by atoms with van der Waals surface area (Å²) in [5, 5.41) is 4.19. The Bertz CT molecular complexity index is 350. The van der Waals surface area contributed by atoms with Gasteiger partial charge in [0.25, 0.3) is 0 Å². The van der Waals surface area contributed by atoms with E-state index in [4.69, 9.17) is 0 Å². The maximum Gasteiger partial charge on any atom is 0.0104 e. The summed E-state index contributed by atoms with van der Waals surface area (Å²) in [4.78, 5) is 0. The first-order chi connectivity index (χ1) is 9.74. The quantitative estimate of drug-likeness (QED) is 0.793. The van der Waals surface area contributed by atoms with Gasteiger partial charge in [0.05, 0.1) is 0 Å². The van der Waals surface area contributed by atoms with E-state index in [1.165, 1.54) is 38.5 Å². The molecule has 0 heterocycles. The highest BCUT2D eigenvalue weighted by Crippen LogP contribution is 2.58. The van der Waals surface area contributed by atoms with Crippen LogP contribution >= 0.6 is 0 Å². The number of nitrogens with one attached hydrogen (secondary N) is 1. The lowest BCUT2D eigenvalue weighted by atomic mass is 9.75. The van der Waals surface area contributed by atoms with Gasteiger partial charge in [-0.15, -0.1) is 0 Å². The van der Waals surface area contributed by atoms with Crippen molar-refractivity contribution in [2.45, 2.75) is 83.7 Å². The van der Waals surface area contributed by atoms with Crippen LogP contribution in [0.15, 0.2) is 0 Å². The van der Waals surface area contributed by atoms with Gasteiger partial charge in [0, 0.05) is 12.1 Å². The Labute approximate surface area is 125 Å². The van der Waals surface area contributed by atoms with Crippen LogP contribution in [0.3, 0.4) is 0 Å². The molecule has 20 heavy (non-hydrogen) atoms. The van der Waals surface area contributed by atoms with Crippen LogP contribution in [-0.4, -0.2) is 12.1 Å². The zero-order valence-electron chi connectivity index (χ0n) is 13.5. The molecule has 114 valence electrons. The summed E-state index contributed by atoms with van der Waals surface area (Å²) in [5.74, 6) is 6.24. The topological polar surface area (TPSA) is 12.0 Å². The van der Waals surface area contributed by atoms with Crippen LogP contribution in [0.2, 0.25) is 0 Å². The lowest BCUT2D eigenvalue weighted by Gasteiger charge is -2.40. The molecular formula is C19H33N. The molecule has 0 radical (unpaired) electrons. The number of hydrogen-bond donors (Lipinski definition) is 1. The Balaban J connectivity index is 1.42. The minimum absolute atomic E-state index is 0.841. The van der Waals surface area contributed by atoms with E-state index >= 15 is 0 Å². The first-order valence-electron chi connectivity index (χ1n) is 9.50. The van der Waals surface area contributed by atoms with Crippen LogP contribution in [0.5, 0.6) is 0 Å². The van der Waals surface area contributed by atoms with E-state index in [-0.39, 0.29) is 0 Å². The fraction of sp³-hybridized carbons (Fsp3) is 1.00. The SMILES string of the molecule is CC(C)C1CCCCC1NC1CC2CC1C1CCCC21. The van der Waals surface area contributed by atoms with E-state index in [2.05, 4.69) is 19.2 Å². The summed E-state index contributed by atoms with van der Waals surface area (Å²) in [5.41, 5.74) is 0. The Morgan fingerprint density at radius 3 is 2.40 bits per heavy atom. The third kappa shape index (κ3) is 2.16. The van der Waals surface area contributed by atoms with E-state index in [0.717, 1.165) is 47.6 Å². The van der Waals surface area contributed by atoms with Crippen molar-refractivity contribution in [3.05, 3.63) is 0 Å². The molecule has 0 amide bonds. The second-order valence-electron chi connectivity index (χ2n) is 8.73. The third-order valence-corrected chi connectivity index (χ3v) is 7.53. The molecule has 0 aromatic heterocycles. The van der Waals surface area contributed by atoms with Crippen LogP contribution < -0.4 is 5.32 Å². The molecule has 7 atom stereocenters. The van der Waals surface area contributed by atoms with Crippen LogP contribution in [0, 0.1) is 35.5 Å². The fourth-order valence-electron chi connectivity index (χ4n) is 6.70. The van der Waals surface area contributed by atoms with Gasteiger partial charge in [-0.2, -0.15) is 0 Å². The lowest BCUT2D eigenvalue weighted by molar-refractivity contribution is 0.145. The smallest absolute Gasteiger partial charge is 0.0104 e. The molecule has 2 bridgehead atoms. The largest absolute Gasteiger partial charge is 0.311 e. The molecule has 0 aromatic rings. The Hall–Kier alpha value is -0.0400. The first-order valence-corrected chi connectivity index (χ1v) is 9.50. The second kappa shape index (κ2) is 5.30. The van der Waals surface area contributed by atoms with Crippen LogP contribution in [0.1, 0.15) is 71.6 Å². The highest BCUT2D eigenvalue weighted by Gasteiger charge is 2.54. The zero-order valence-corrected chi connectivity index (χ0v) is 13.5. The van der Waals surface area contributed by atoms with Gasteiger partial charge < -0.3 is 5.32 Å². The first kappa shape index (κ1) is 13.6. The average molecular weight is 275 g/mol. The van der Waals surface area contributed by atoms with E-state index in [0.29, 0.717) is 0 Å². The van der Waals surface area contributed by atoms with E-state index in [9.17, 15) is 0 Å². The normalized spacial score (nSPS) is 50.9. The van der Waals surface area contributed by atoms with E-state index < -0.39 is 0 Å². The standard InChI is InChI=1S/C19H33N/c1-12(2)14-6-3-4-9-18(14)20-19-11-13-10-17(19)16-8-5-7-15(13)16/h12-20H,3-11H2,1-2H3. The molecule has 0 spiro atoms. The molecule has 1 heteroatoms. The fourth-order valence-corrected chi connectivity index (χ4v) is 6.70. The third-order valence-electron chi connectivity index (χ3n) is 7.53. The number of hydrogen-bond acceptors (Lipinski definition) is 1. The van der Waals surface area contributed by atoms with Crippen molar-refractivity contribution in [3.8, 4) is 0 Å². The molecule has 0 aliphatic heterocycles. The lowest BCUT2D eigenvalue weighted by Crippen LogP contribution is -2.49. The number of rotatable bonds is 3. The summed E-state index contributed by atoms with van der Waals surface area (Å²) in [6, 6.07) is 1.73. The van der Waals surface area contributed by atoms with Gasteiger partial charge in [-0.1, -0.05) is 33.1 Å². The second-order valence-corrected chi connectivity index (χ2v) is 8.73. The summed E-state index contributed by atoms with van der Waals surface area (Å²) < 4.78 is 0. The molecule has 0 aromatic carbocycles. The summed E-state index contributed by atoms with van der Waals surface area (Å²) >= 11 is 0. The molecule has 0 saturated heterocycles. The van der Waals surface area contributed by atoms with Gasteiger partial charge in [0.1, 0.15) is 0 Å². The Morgan fingerprint density at radius 1 is 0.750 bits per heavy atom. The van der Waals surface area contributed by atoms with Crippen molar-refractivity contribution in [2.75, 3.05) is 0 Å². The van der Waals surface area contributed by atoms with Crippen molar-refractivity contribution in [1.82, 2.24) is 5.32 Å². The molecular weight excluding hydrogens is 242 g/mol. The Morgan fingerprint density at radius 2 is 1.55 bits per heavy atom. The molecule has 1 nitrogen and oxygen atoms in total. The van der Waals surface area contributed by atoms with Crippen LogP contribution in [0.4, 0.5) is 0 Å². The van der Waals surface area contributed by atoms with Crippen molar-refractivity contribution < 1.29 is 0 Å². The zero-order chi connectivity index (χ0) is 13.7. The molecule has 7 unspecified atom stereocenters. The Kier molecular flexibility index (Phi) is 3.61. The van der Waals surface area contributed by atoms with Gasteiger partial charge >= 0.3 is 0 Å². The average Bonchev–Trinajstić information content (AvgIpc) is 3.10. The van der Waals surface area contributed by atoms with Crippen molar-refractivity contribution in [1.29, 1.82) is 0 Å². The van der Waals surface area contributed by atoms with Crippen LogP contribution in [-0.2, 0) is 0 Å². The monoisotopic (exact) mass is 275 g/mol. The van der Waals surface area contributed by atoms with Crippen LogP contribution in [0.25, 0.3) is 0 Å². The van der Waals surface area contributed by atoms with Gasteiger partial charge in [-0.3, -0.25) is 0 Å². The van der Waals surface area contributed by atoms with Crippen molar-refractivity contribution in [2.24, 2.45) is 35.5 Å². The predicted molar refractivity (Wildman–Crippen MR) is 84.6 cm³/mol. The van der Waals surface area contributed by atoms with Gasteiger partial charge in [0.15, 0.2) is 0 Å². The van der Waals surface area contributed by atoms with E-state index in [1.807, 2.05) is 0 Å². The molecule has 4 fully saturated rings. The molecule has 1 N–H and O–H groups in total.